The lowest BCUT2D eigenvalue weighted by atomic mass is 10.0. The minimum absolute atomic E-state index is 0.0448. The second-order valence-corrected chi connectivity index (χ2v) is 6.16. The van der Waals surface area contributed by atoms with E-state index in [4.69, 9.17) is 16.3 Å². The van der Waals surface area contributed by atoms with Gasteiger partial charge in [0, 0.05) is 30.6 Å². The highest BCUT2D eigenvalue weighted by molar-refractivity contribution is 6.31. The van der Waals surface area contributed by atoms with E-state index in [1.807, 2.05) is 36.1 Å². The Hall–Kier alpha value is -2.07. The van der Waals surface area contributed by atoms with Crippen molar-refractivity contribution in [2.75, 3.05) is 13.1 Å². The summed E-state index contributed by atoms with van der Waals surface area (Å²) in [5.41, 5.74) is 1.76. The van der Waals surface area contributed by atoms with Crippen LogP contribution < -0.4 is 4.74 Å². The van der Waals surface area contributed by atoms with Crippen LogP contribution in [0.5, 0.6) is 5.75 Å². The van der Waals surface area contributed by atoms with Crippen molar-refractivity contribution < 1.29 is 9.53 Å². The predicted octanol–water partition coefficient (Wildman–Crippen LogP) is 3.73. The van der Waals surface area contributed by atoms with E-state index in [1.165, 1.54) is 0 Å². The number of nitrogens with zero attached hydrogens (tertiary/aromatic N) is 2. The molecule has 0 bridgehead atoms. The molecule has 1 fully saturated rings. The summed E-state index contributed by atoms with van der Waals surface area (Å²) in [6.45, 7) is 3.30. The van der Waals surface area contributed by atoms with Crippen molar-refractivity contribution in [3.8, 4) is 5.75 Å². The van der Waals surface area contributed by atoms with Crippen LogP contribution >= 0.6 is 11.6 Å². The van der Waals surface area contributed by atoms with Crippen molar-refractivity contribution in [2.45, 2.75) is 25.9 Å². The van der Waals surface area contributed by atoms with Crippen LogP contribution in [0.3, 0.4) is 0 Å². The lowest BCUT2D eigenvalue weighted by Crippen LogP contribution is -2.44. The third kappa shape index (κ3) is 3.64. The molecule has 1 atom stereocenters. The Morgan fingerprint density at radius 3 is 2.96 bits per heavy atom. The molecular weight excluding hydrogens is 312 g/mol. The molecule has 2 heterocycles. The summed E-state index contributed by atoms with van der Waals surface area (Å²) in [5.74, 6) is 0.689. The number of aromatic nitrogens is 1. The molecule has 0 saturated carbocycles. The number of aryl methyl sites for hydroxylation is 1. The highest BCUT2D eigenvalue weighted by atomic mass is 35.5. The van der Waals surface area contributed by atoms with E-state index in [9.17, 15) is 4.79 Å². The molecule has 3 rings (SSSR count). The van der Waals surface area contributed by atoms with Crippen LogP contribution in [0.25, 0.3) is 0 Å². The van der Waals surface area contributed by atoms with E-state index in [1.54, 1.807) is 18.5 Å². The van der Waals surface area contributed by atoms with Gasteiger partial charge in [-0.1, -0.05) is 29.8 Å². The van der Waals surface area contributed by atoms with Crippen molar-refractivity contribution in [3.63, 3.8) is 0 Å². The Kier molecular flexibility index (Phi) is 4.82. The molecule has 1 amide bonds. The number of ether oxygens (including phenoxy) is 1. The minimum atomic E-state index is -0.0448. The Morgan fingerprint density at radius 2 is 2.17 bits per heavy atom. The number of carbonyl (C=O) groups is 1. The quantitative estimate of drug-likeness (QED) is 0.861. The first-order valence-electron chi connectivity index (χ1n) is 7.76. The first kappa shape index (κ1) is 15.8. The molecule has 1 aromatic heterocycles. The number of hydrogen-bond donors (Lipinski definition) is 0. The normalized spacial score (nSPS) is 17.8. The Labute approximate surface area is 141 Å². The van der Waals surface area contributed by atoms with E-state index < -0.39 is 0 Å². The van der Waals surface area contributed by atoms with E-state index in [2.05, 4.69) is 4.98 Å². The number of carbonyl (C=O) groups excluding carboxylic acids is 1. The number of pyridine rings is 1. The van der Waals surface area contributed by atoms with Gasteiger partial charge < -0.3 is 9.64 Å². The fourth-order valence-electron chi connectivity index (χ4n) is 2.84. The van der Waals surface area contributed by atoms with Crippen molar-refractivity contribution in [2.24, 2.45) is 0 Å². The van der Waals surface area contributed by atoms with Gasteiger partial charge in [0.15, 0.2) is 0 Å². The van der Waals surface area contributed by atoms with Gasteiger partial charge in [-0.25, -0.2) is 0 Å². The molecule has 0 spiro atoms. The summed E-state index contributed by atoms with van der Waals surface area (Å²) in [6.07, 6.45) is 5.01. The molecule has 0 aliphatic carbocycles. The maximum absolute atomic E-state index is 12.7. The van der Waals surface area contributed by atoms with E-state index in [-0.39, 0.29) is 12.0 Å². The maximum Gasteiger partial charge on any atom is 0.254 e. The number of benzene rings is 1. The van der Waals surface area contributed by atoms with Crippen molar-refractivity contribution >= 4 is 17.5 Å². The minimum Gasteiger partial charge on any atom is -0.487 e. The number of hydrogen-bond acceptors (Lipinski definition) is 3. The Morgan fingerprint density at radius 1 is 1.35 bits per heavy atom. The number of piperidine rings is 1. The third-order valence-corrected chi connectivity index (χ3v) is 4.35. The molecule has 2 aromatic rings. The molecule has 0 unspecified atom stereocenters. The highest BCUT2D eigenvalue weighted by Gasteiger charge is 2.26. The number of likely N-dealkylation sites (tertiary alicyclic amines) is 1. The SMILES string of the molecule is Cc1ccccc1C(=O)N1CCC[C@H](Oc2ccncc2Cl)C1. The van der Waals surface area contributed by atoms with E-state index >= 15 is 0 Å². The number of amides is 1. The molecule has 4 nitrogen and oxygen atoms in total. The first-order valence-corrected chi connectivity index (χ1v) is 8.14. The van der Waals surface area contributed by atoms with Gasteiger partial charge in [-0.3, -0.25) is 9.78 Å². The molecule has 23 heavy (non-hydrogen) atoms. The van der Waals surface area contributed by atoms with Gasteiger partial charge in [-0.05, 0) is 31.4 Å². The lowest BCUT2D eigenvalue weighted by molar-refractivity contribution is 0.0537. The molecule has 0 N–H and O–H groups in total. The second-order valence-electron chi connectivity index (χ2n) is 5.75. The van der Waals surface area contributed by atoms with Gasteiger partial charge in [0.25, 0.3) is 5.91 Å². The van der Waals surface area contributed by atoms with Crippen LogP contribution in [0.15, 0.2) is 42.7 Å². The highest BCUT2D eigenvalue weighted by Crippen LogP contribution is 2.26. The van der Waals surface area contributed by atoms with Crippen LogP contribution in [-0.4, -0.2) is 35.0 Å². The molecular formula is C18H19ClN2O2. The van der Waals surface area contributed by atoms with Gasteiger partial charge >= 0.3 is 0 Å². The second kappa shape index (κ2) is 7.01. The standard InChI is InChI=1S/C18H19ClN2O2/c1-13-5-2-3-7-15(13)18(22)21-10-4-6-14(12-21)23-17-8-9-20-11-16(17)19/h2-3,5,7-9,11,14H,4,6,10,12H2,1H3/t14-/m0/s1. The zero-order chi connectivity index (χ0) is 16.2. The molecule has 5 heteroatoms. The summed E-state index contributed by atoms with van der Waals surface area (Å²) in [6, 6.07) is 9.43. The van der Waals surface area contributed by atoms with Crippen LogP contribution in [0.1, 0.15) is 28.8 Å². The molecule has 1 aliphatic rings. The molecule has 0 radical (unpaired) electrons. The van der Waals surface area contributed by atoms with Gasteiger partial charge in [-0.2, -0.15) is 0 Å². The van der Waals surface area contributed by atoms with E-state index in [0.717, 1.165) is 30.5 Å². The monoisotopic (exact) mass is 330 g/mol. The Bertz CT molecular complexity index is 705. The largest absolute Gasteiger partial charge is 0.487 e. The van der Waals surface area contributed by atoms with Crippen LogP contribution in [0.2, 0.25) is 5.02 Å². The van der Waals surface area contributed by atoms with Gasteiger partial charge in [-0.15, -0.1) is 0 Å². The van der Waals surface area contributed by atoms with Crippen molar-refractivity contribution in [3.05, 3.63) is 58.9 Å². The fraction of sp³-hybridized carbons (Fsp3) is 0.333. The fourth-order valence-corrected chi connectivity index (χ4v) is 3.00. The predicted molar refractivity (Wildman–Crippen MR) is 90.0 cm³/mol. The van der Waals surface area contributed by atoms with Gasteiger partial charge in [0.2, 0.25) is 0 Å². The zero-order valence-electron chi connectivity index (χ0n) is 13.0. The summed E-state index contributed by atoms with van der Waals surface area (Å²) in [4.78, 5) is 18.5. The molecule has 1 aromatic carbocycles. The zero-order valence-corrected chi connectivity index (χ0v) is 13.8. The maximum atomic E-state index is 12.7. The summed E-state index contributed by atoms with van der Waals surface area (Å²) >= 11 is 6.09. The Balaban J connectivity index is 1.70. The molecule has 1 aliphatic heterocycles. The average Bonchev–Trinajstić information content (AvgIpc) is 2.57. The smallest absolute Gasteiger partial charge is 0.254 e. The van der Waals surface area contributed by atoms with Gasteiger partial charge in [0.1, 0.15) is 16.9 Å². The number of rotatable bonds is 3. The topological polar surface area (TPSA) is 42.4 Å². The average molecular weight is 331 g/mol. The summed E-state index contributed by atoms with van der Waals surface area (Å²) < 4.78 is 5.97. The van der Waals surface area contributed by atoms with Crippen LogP contribution in [-0.2, 0) is 0 Å². The molecule has 1 saturated heterocycles. The van der Waals surface area contributed by atoms with Crippen LogP contribution in [0.4, 0.5) is 0 Å². The third-order valence-electron chi connectivity index (χ3n) is 4.07. The van der Waals surface area contributed by atoms with Crippen molar-refractivity contribution in [1.29, 1.82) is 0 Å². The first-order chi connectivity index (χ1) is 11.1. The lowest BCUT2D eigenvalue weighted by Gasteiger charge is -2.33. The van der Waals surface area contributed by atoms with Gasteiger partial charge in [0.05, 0.1) is 6.54 Å². The van der Waals surface area contributed by atoms with Crippen LogP contribution in [0, 0.1) is 6.92 Å². The molecule has 120 valence electrons. The van der Waals surface area contributed by atoms with E-state index in [0.29, 0.717) is 17.3 Å². The summed E-state index contributed by atoms with van der Waals surface area (Å²) in [5, 5.41) is 0.495. The van der Waals surface area contributed by atoms with Crippen molar-refractivity contribution in [1.82, 2.24) is 9.88 Å². The summed E-state index contributed by atoms with van der Waals surface area (Å²) in [7, 11) is 0. The number of halogens is 1.